The second kappa shape index (κ2) is 5.57. The fourth-order valence-corrected chi connectivity index (χ4v) is 4.42. The lowest BCUT2D eigenvalue weighted by atomic mass is 9.95. The summed E-state index contributed by atoms with van der Waals surface area (Å²) in [4.78, 5) is 12.4. The second-order valence-electron chi connectivity index (χ2n) is 6.66. The molecule has 2 aliphatic carbocycles. The Morgan fingerprint density at radius 1 is 1.23 bits per heavy atom. The Hall–Kier alpha value is -1.56. The number of rotatable bonds is 4. The molecule has 0 aliphatic heterocycles. The van der Waals surface area contributed by atoms with E-state index in [1.54, 1.807) is 25.1 Å². The Morgan fingerprint density at radius 2 is 2.00 bits per heavy atom. The Balaban J connectivity index is 1.69. The average molecular weight is 322 g/mol. The number of anilines is 1. The first kappa shape index (κ1) is 15.3. The minimum absolute atomic E-state index is 0.0634. The van der Waals surface area contributed by atoms with Crippen LogP contribution in [0.25, 0.3) is 0 Å². The van der Waals surface area contributed by atoms with E-state index in [1.807, 2.05) is 0 Å². The molecule has 0 spiro atoms. The summed E-state index contributed by atoms with van der Waals surface area (Å²) in [7, 11) is -3.31. The van der Waals surface area contributed by atoms with Crippen molar-refractivity contribution < 1.29 is 13.2 Å². The van der Waals surface area contributed by atoms with Gasteiger partial charge in [0, 0.05) is 11.6 Å². The van der Waals surface area contributed by atoms with Crippen molar-refractivity contribution in [2.75, 3.05) is 11.0 Å². The van der Waals surface area contributed by atoms with Crippen LogP contribution in [-0.2, 0) is 10.0 Å². The lowest BCUT2D eigenvalue weighted by Gasteiger charge is -2.23. The number of hydrogen-bond donors (Lipinski definition) is 2. The van der Waals surface area contributed by atoms with E-state index >= 15 is 0 Å². The number of aryl methyl sites for hydroxylation is 1. The molecule has 0 radical (unpaired) electrons. The van der Waals surface area contributed by atoms with Gasteiger partial charge in [0.1, 0.15) is 0 Å². The van der Waals surface area contributed by atoms with Crippen LogP contribution in [0.3, 0.4) is 0 Å². The van der Waals surface area contributed by atoms with Gasteiger partial charge in [0.25, 0.3) is 5.91 Å². The molecule has 3 rings (SSSR count). The standard InChI is InChI=1S/C16H22N2O3S/c1-10-7-13(5-6-14(10)18-22(2,20)21)16(19)17-15-9-11-3-4-12(15)8-11/h5-7,11-12,15,18H,3-4,8-9H2,1-2H3,(H,17,19). The summed E-state index contributed by atoms with van der Waals surface area (Å²) < 4.78 is 25.0. The Labute approximate surface area is 131 Å². The molecule has 0 heterocycles. The van der Waals surface area contributed by atoms with Crippen LogP contribution < -0.4 is 10.0 Å². The van der Waals surface area contributed by atoms with Crippen molar-refractivity contribution in [3.8, 4) is 0 Å². The van der Waals surface area contributed by atoms with Gasteiger partial charge in [-0.15, -0.1) is 0 Å². The van der Waals surface area contributed by atoms with Crippen molar-refractivity contribution >= 4 is 21.6 Å². The summed E-state index contributed by atoms with van der Waals surface area (Å²) in [5.74, 6) is 1.37. The molecule has 3 atom stereocenters. The molecule has 6 heteroatoms. The molecule has 5 nitrogen and oxygen atoms in total. The maximum absolute atomic E-state index is 12.4. The SMILES string of the molecule is Cc1cc(C(=O)NC2CC3CCC2C3)ccc1NS(C)(=O)=O. The highest BCUT2D eigenvalue weighted by molar-refractivity contribution is 7.92. The molecule has 1 amide bonds. The maximum atomic E-state index is 12.4. The molecular formula is C16H22N2O3S. The van der Waals surface area contributed by atoms with Crippen LogP contribution in [0, 0.1) is 18.8 Å². The first-order chi connectivity index (χ1) is 10.3. The maximum Gasteiger partial charge on any atom is 0.251 e. The monoisotopic (exact) mass is 322 g/mol. The molecule has 2 bridgehead atoms. The van der Waals surface area contributed by atoms with Crippen LogP contribution in [0.1, 0.15) is 41.6 Å². The number of fused-ring (bicyclic) bond motifs is 2. The van der Waals surface area contributed by atoms with Gasteiger partial charge in [-0.25, -0.2) is 8.42 Å². The Kier molecular flexibility index (Phi) is 3.89. The zero-order chi connectivity index (χ0) is 15.9. The van der Waals surface area contributed by atoms with Crippen molar-refractivity contribution in [1.82, 2.24) is 5.32 Å². The molecule has 2 aliphatic rings. The van der Waals surface area contributed by atoms with Crippen LogP contribution in [0.15, 0.2) is 18.2 Å². The lowest BCUT2D eigenvalue weighted by Crippen LogP contribution is -2.38. The topological polar surface area (TPSA) is 75.3 Å². The van der Waals surface area contributed by atoms with Crippen molar-refractivity contribution in [2.45, 2.75) is 38.6 Å². The Morgan fingerprint density at radius 3 is 2.55 bits per heavy atom. The van der Waals surface area contributed by atoms with Crippen molar-refractivity contribution in [2.24, 2.45) is 11.8 Å². The van der Waals surface area contributed by atoms with Gasteiger partial charge in [0.2, 0.25) is 10.0 Å². The number of amides is 1. The average Bonchev–Trinajstić information content (AvgIpc) is 3.02. The zero-order valence-electron chi connectivity index (χ0n) is 12.9. The highest BCUT2D eigenvalue weighted by Crippen LogP contribution is 2.44. The summed E-state index contributed by atoms with van der Waals surface area (Å²) in [5, 5.41) is 3.14. The number of carbonyl (C=O) groups excluding carboxylic acids is 1. The van der Waals surface area contributed by atoms with Gasteiger partial charge in [-0.05, 0) is 61.8 Å². The Bertz CT molecular complexity index is 699. The van der Waals surface area contributed by atoms with Gasteiger partial charge in [0.15, 0.2) is 0 Å². The lowest BCUT2D eigenvalue weighted by molar-refractivity contribution is 0.0923. The van der Waals surface area contributed by atoms with Gasteiger partial charge in [-0.1, -0.05) is 6.42 Å². The predicted molar refractivity (Wildman–Crippen MR) is 86.3 cm³/mol. The molecular weight excluding hydrogens is 300 g/mol. The number of hydrogen-bond acceptors (Lipinski definition) is 3. The summed E-state index contributed by atoms with van der Waals surface area (Å²) in [6, 6.07) is 5.35. The second-order valence-corrected chi connectivity index (χ2v) is 8.41. The smallest absolute Gasteiger partial charge is 0.251 e. The van der Waals surface area contributed by atoms with Crippen LogP contribution in [-0.4, -0.2) is 26.6 Å². The summed E-state index contributed by atoms with van der Waals surface area (Å²) >= 11 is 0. The van der Waals surface area contributed by atoms with Gasteiger partial charge >= 0.3 is 0 Å². The zero-order valence-corrected chi connectivity index (χ0v) is 13.7. The summed E-state index contributed by atoms with van der Waals surface area (Å²) in [5.41, 5.74) is 1.84. The van der Waals surface area contributed by atoms with Crippen molar-refractivity contribution in [3.05, 3.63) is 29.3 Å². The minimum atomic E-state index is -3.31. The van der Waals surface area contributed by atoms with E-state index < -0.39 is 10.0 Å². The molecule has 3 unspecified atom stereocenters. The van der Waals surface area contributed by atoms with Crippen molar-refractivity contribution in [3.63, 3.8) is 0 Å². The van der Waals surface area contributed by atoms with Crippen LogP contribution in [0.2, 0.25) is 0 Å². The number of carbonyl (C=O) groups is 1. The fraction of sp³-hybridized carbons (Fsp3) is 0.562. The molecule has 120 valence electrons. The molecule has 2 saturated carbocycles. The largest absolute Gasteiger partial charge is 0.349 e. The summed E-state index contributed by atoms with van der Waals surface area (Å²) in [6.07, 6.45) is 6.00. The number of sulfonamides is 1. The van der Waals surface area contributed by atoms with Crippen LogP contribution in [0.5, 0.6) is 0 Å². The van der Waals surface area contributed by atoms with Gasteiger partial charge in [-0.3, -0.25) is 9.52 Å². The molecule has 2 fully saturated rings. The first-order valence-corrected chi connectivity index (χ1v) is 9.60. The predicted octanol–water partition coefficient (Wildman–Crippen LogP) is 2.28. The van der Waals surface area contributed by atoms with E-state index in [1.165, 1.54) is 19.3 Å². The van der Waals surface area contributed by atoms with Gasteiger partial charge < -0.3 is 5.32 Å². The highest BCUT2D eigenvalue weighted by atomic mass is 32.2. The number of benzene rings is 1. The molecule has 0 aromatic heterocycles. The van der Waals surface area contributed by atoms with Crippen LogP contribution >= 0.6 is 0 Å². The van der Waals surface area contributed by atoms with E-state index in [-0.39, 0.29) is 5.91 Å². The van der Waals surface area contributed by atoms with Crippen molar-refractivity contribution in [1.29, 1.82) is 0 Å². The third kappa shape index (κ3) is 3.27. The highest BCUT2D eigenvalue weighted by Gasteiger charge is 2.40. The third-order valence-corrected chi connectivity index (χ3v) is 5.43. The first-order valence-electron chi connectivity index (χ1n) is 7.71. The molecule has 2 N–H and O–H groups in total. The van der Waals surface area contributed by atoms with E-state index in [0.717, 1.165) is 24.2 Å². The normalized spacial score (nSPS) is 26.9. The van der Waals surface area contributed by atoms with E-state index in [0.29, 0.717) is 23.2 Å². The molecule has 1 aromatic carbocycles. The van der Waals surface area contributed by atoms with Gasteiger partial charge in [0.05, 0.1) is 11.9 Å². The molecule has 1 aromatic rings. The van der Waals surface area contributed by atoms with E-state index in [4.69, 9.17) is 0 Å². The fourth-order valence-electron chi connectivity index (χ4n) is 3.79. The van der Waals surface area contributed by atoms with Gasteiger partial charge in [-0.2, -0.15) is 0 Å². The van der Waals surface area contributed by atoms with E-state index in [9.17, 15) is 13.2 Å². The number of nitrogens with one attached hydrogen (secondary N) is 2. The molecule has 22 heavy (non-hydrogen) atoms. The third-order valence-electron chi connectivity index (χ3n) is 4.84. The van der Waals surface area contributed by atoms with E-state index in [2.05, 4.69) is 10.0 Å². The minimum Gasteiger partial charge on any atom is -0.349 e. The summed E-state index contributed by atoms with van der Waals surface area (Å²) in [6.45, 7) is 1.79. The molecule has 0 saturated heterocycles. The van der Waals surface area contributed by atoms with Crippen LogP contribution in [0.4, 0.5) is 5.69 Å². The quantitative estimate of drug-likeness (QED) is 0.893.